The highest BCUT2D eigenvalue weighted by Gasteiger charge is 2.46. The van der Waals surface area contributed by atoms with Gasteiger partial charge in [0.15, 0.2) is 0 Å². The maximum absolute atomic E-state index is 6.25. The molecule has 0 aromatic heterocycles. The van der Waals surface area contributed by atoms with E-state index in [2.05, 4.69) is 29.5 Å². The van der Waals surface area contributed by atoms with Crippen molar-refractivity contribution < 1.29 is 4.74 Å². The van der Waals surface area contributed by atoms with Crippen molar-refractivity contribution in [3.8, 4) is 0 Å². The highest BCUT2D eigenvalue weighted by molar-refractivity contribution is 5.03. The van der Waals surface area contributed by atoms with Crippen molar-refractivity contribution >= 4 is 0 Å². The van der Waals surface area contributed by atoms with E-state index in [1.165, 1.54) is 77.0 Å². The molecule has 0 N–H and O–H groups in total. The lowest BCUT2D eigenvalue weighted by Gasteiger charge is -2.58. The number of likely N-dealkylation sites (N-methyl/N-ethyl adjacent to an activating group) is 1. The molecule has 0 aromatic carbocycles. The molecule has 3 nitrogen and oxygen atoms in total. The lowest BCUT2D eigenvalue weighted by molar-refractivity contribution is -0.0908. The number of rotatable bonds is 6. The average molecular weight is 375 g/mol. The molecule has 4 unspecified atom stereocenters. The van der Waals surface area contributed by atoms with Crippen LogP contribution in [0.2, 0.25) is 0 Å². The summed E-state index contributed by atoms with van der Waals surface area (Å²) >= 11 is 0. The summed E-state index contributed by atoms with van der Waals surface area (Å²) in [5, 5.41) is 0. The Hall–Kier alpha value is -0.380. The van der Waals surface area contributed by atoms with E-state index in [1.54, 1.807) is 0 Å². The topological polar surface area (TPSA) is 15.7 Å². The highest BCUT2D eigenvalue weighted by atomic mass is 16.5. The molecule has 1 heterocycles. The molecule has 3 saturated carbocycles. The van der Waals surface area contributed by atoms with Crippen molar-refractivity contribution in [2.45, 2.75) is 101 Å². The molecule has 0 radical (unpaired) electrons. The Morgan fingerprint density at radius 3 is 1.93 bits per heavy atom. The number of hydrogen-bond donors (Lipinski definition) is 0. The van der Waals surface area contributed by atoms with Gasteiger partial charge in [0.25, 0.3) is 0 Å². The van der Waals surface area contributed by atoms with Crippen LogP contribution in [0.5, 0.6) is 0 Å². The van der Waals surface area contributed by atoms with Gasteiger partial charge in [-0.05, 0) is 70.3 Å². The Balaban J connectivity index is 1.29. The first-order valence-corrected chi connectivity index (χ1v) is 12.0. The first kappa shape index (κ1) is 19.9. The van der Waals surface area contributed by atoms with Crippen LogP contribution >= 0.6 is 0 Å². The first-order valence-electron chi connectivity index (χ1n) is 12.0. The van der Waals surface area contributed by atoms with Crippen LogP contribution in [-0.2, 0) is 4.74 Å². The lowest BCUT2D eigenvalue weighted by atomic mass is 9.78. The van der Waals surface area contributed by atoms with Gasteiger partial charge in [-0.1, -0.05) is 31.8 Å². The predicted molar refractivity (Wildman–Crippen MR) is 113 cm³/mol. The number of fused-ring (bicyclic) bond motifs is 2. The molecule has 4 aliphatic rings. The monoisotopic (exact) mass is 374 g/mol. The van der Waals surface area contributed by atoms with Gasteiger partial charge >= 0.3 is 0 Å². The Kier molecular flexibility index (Phi) is 6.94. The number of hydrogen-bond acceptors (Lipinski definition) is 3. The van der Waals surface area contributed by atoms with E-state index in [0.29, 0.717) is 0 Å². The molecule has 0 amide bonds. The van der Waals surface area contributed by atoms with Crippen molar-refractivity contribution in [2.75, 3.05) is 26.8 Å². The normalized spacial score (nSPS) is 40.9. The molecular weight excluding hydrogens is 332 g/mol. The molecule has 0 bridgehead atoms. The molecule has 0 aromatic rings. The summed E-state index contributed by atoms with van der Waals surface area (Å²) in [6.45, 7) is 7.06. The molecular formula is C24H42N2O. The van der Waals surface area contributed by atoms with Gasteiger partial charge in [-0.2, -0.15) is 0 Å². The molecule has 1 aliphatic heterocycles. The van der Waals surface area contributed by atoms with Crippen LogP contribution < -0.4 is 0 Å². The quantitative estimate of drug-likeness (QED) is 0.487. The third-order valence-corrected chi connectivity index (χ3v) is 8.36. The van der Waals surface area contributed by atoms with Gasteiger partial charge < -0.3 is 4.74 Å². The second kappa shape index (κ2) is 9.41. The first-order chi connectivity index (χ1) is 13.3. The summed E-state index contributed by atoms with van der Waals surface area (Å²) in [5.74, 6) is 1.55. The molecule has 4 rings (SSSR count). The second-order valence-electron chi connectivity index (χ2n) is 9.83. The summed E-state index contributed by atoms with van der Waals surface area (Å²) in [7, 11) is 2.43. The third-order valence-electron chi connectivity index (χ3n) is 8.36. The standard InChI is InChI=1S/C24H42N2O/c1-3-19-12-14-20(15-13-19)18-27-17-16-26-23-10-6-4-8-21(23)25(2)22-9-5-7-11-24(22)26/h3,19-24H,1,4-18H2,2H3. The van der Waals surface area contributed by atoms with Crippen LogP contribution in [0, 0.1) is 11.8 Å². The summed E-state index contributed by atoms with van der Waals surface area (Å²) in [6, 6.07) is 3.17. The maximum Gasteiger partial charge on any atom is 0.0593 e. The number of allylic oxidation sites excluding steroid dienone is 1. The average Bonchev–Trinajstić information content (AvgIpc) is 2.73. The number of piperazine rings is 1. The molecule has 27 heavy (non-hydrogen) atoms. The minimum absolute atomic E-state index is 0.762. The fourth-order valence-corrected chi connectivity index (χ4v) is 6.74. The maximum atomic E-state index is 6.25. The highest BCUT2D eigenvalue weighted by Crippen LogP contribution is 2.39. The largest absolute Gasteiger partial charge is 0.380 e. The Morgan fingerprint density at radius 1 is 0.815 bits per heavy atom. The Morgan fingerprint density at radius 2 is 1.37 bits per heavy atom. The molecule has 4 fully saturated rings. The smallest absolute Gasteiger partial charge is 0.0593 e. The minimum Gasteiger partial charge on any atom is -0.380 e. The van der Waals surface area contributed by atoms with Gasteiger partial charge in [-0.25, -0.2) is 0 Å². The van der Waals surface area contributed by atoms with Crippen LogP contribution in [-0.4, -0.2) is 60.8 Å². The van der Waals surface area contributed by atoms with E-state index in [4.69, 9.17) is 4.74 Å². The summed E-state index contributed by atoms with van der Waals surface area (Å²) in [5.41, 5.74) is 0. The fourth-order valence-electron chi connectivity index (χ4n) is 6.74. The lowest BCUT2D eigenvalue weighted by Crippen LogP contribution is -2.69. The van der Waals surface area contributed by atoms with Gasteiger partial charge in [0.2, 0.25) is 0 Å². The van der Waals surface area contributed by atoms with Gasteiger partial charge in [-0.3, -0.25) is 9.80 Å². The zero-order valence-electron chi connectivity index (χ0n) is 17.7. The zero-order valence-corrected chi connectivity index (χ0v) is 17.7. The molecule has 1 saturated heterocycles. The third kappa shape index (κ3) is 4.46. The summed E-state index contributed by atoms with van der Waals surface area (Å²) in [4.78, 5) is 5.71. The van der Waals surface area contributed by atoms with Crippen molar-refractivity contribution in [3.05, 3.63) is 12.7 Å². The molecule has 3 aliphatic carbocycles. The summed E-state index contributed by atoms with van der Waals surface area (Å²) in [6.07, 6.45) is 18.8. The molecule has 3 heteroatoms. The zero-order chi connectivity index (χ0) is 18.6. The van der Waals surface area contributed by atoms with Crippen LogP contribution in [0.4, 0.5) is 0 Å². The van der Waals surface area contributed by atoms with E-state index in [9.17, 15) is 0 Å². The van der Waals surface area contributed by atoms with Crippen LogP contribution in [0.25, 0.3) is 0 Å². The van der Waals surface area contributed by atoms with Crippen molar-refractivity contribution in [3.63, 3.8) is 0 Å². The van der Waals surface area contributed by atoms with Crippen LogP contribution in [0.15, 0.2) is 12.7 Å². The van der Waals surface area contributed by atoms with Gasteiger partial charge in [-0.15, -0.1) is 6.58 Å². The van der Waals surface area contributed by atoms with Crippen LogP contribution in [0.3, 0.4) is 0 Å². The van der Waals surface area contributed by atoms with Gasteiger partial charge in [0, 0.05) is 37.3 Å². The van der Waals surface area contributed by atoms with E-state index in [-0.39, 0.29) is 0 Å². The Bertz CT molecular complexity index is 449. The van der Waals surface area contributed by atoms with E-state index in [1.807, 2.05) is 0 Å². The summed E-state index contributed by atoms with van der Waals surface area (Å²) < 4.78 is 6.25. The molecule has 154 valence electrons. The minimum atomic E-state index is 0.762. The molecule has 4 atom stereocenters. The fraction of sp³-hybridized carbons (Fsp3) is 0.917. The number of nitrogens with zero attached hydrogens (tertiary/aromatic N) is 2. The van der Waals surface area contributed by atoms with Gasteiger partial charge in [0.1, 0.15) is 0 Å². The molecule has 0 spiro atoms. The Labute approximate surface area is 167 Å². The number of ether oxygens (including phenoxy) is 1. The van der Waals surface area contributed by atoms with Gasteiger partial charge in [0.05, 0.1) is 6.61 Å². The van der Waals surface area contributed by atoms with Crippen LogP contribution in [0.1, 0.15) is 77.0 Å². The van der Waals surface area contributed by atoms with E-state index in [0.717, 1.165) is 55.8 Å². The van der Waals surface area contributed by atoms with Crippen molar-refractivity contribution in [2.24, 2.45) is 11.8 Å². The van der Waals surface area contributed by atoms with Crippen molar-refractivity contribution in [1.82, 2.24) is 9.80 Å². The SMILES string of the molecule is C=CC1CCC(COCCN2C3CCCCC3N(C)C3CCCCC32)CC1. The van der Waals surface area contributed by atoms with Crippen molar-refractivity contribution in [1.29, 1.82) is 0 Å². The second-order valence-corrected chi connectivity index (χ2v) is 9.83. The predicted octanol–water partition coefficient (Wildman–Crippen LogP) is 4.87. The van der Waals surface area contributed by atoms with E-state index >= 15 is 0 Å². The van der Waals surface area contributed by atoms with E-state index < -0.39 is 0 Å².